The molecule has 3 rings (SSSR count). The summed E-state index contributed by atoms with van der Waals surface area (Å²) >= 11 is 0. The van der Waals surface area contributed by atoms with Gasteiger partial charge < -0.3 is 0 Å². The lowest BCUT2D eigenvalue weighted by atomic mass is 10.1. The molecule has 1 nitrogen and oxygen atoms in total. The van der Waals surface area contributed by atoms with Gasteiger partial charge >= 0.3 is 0 Å². The molecule has 74 valence electrons. The van der Waals surface area contributed by atoms with Gasteiger partial charge in [0.15, 0.2) is 0 Å². The van der Waals surface area contributed by atoms with E-state index in [1.165, 1.54) is 21.9 Å². The zero-order chi connectivity index (χ0) is 10.5. The van der Waals surface area contributed by atoms with Crippen LogP contribution in [0.15, 0.2) is 42.6 Å². The van der Waals surface area contributed by atoms with Crippen molar-refractivity contribution in [2.45, 2.75) is 0 Å². The van der Waals surface area contributed by atoms with Gasteiger partial charge in [-0.3, -0.25) is 4.98 Å². The summed E-state index contributed by atoms with van der Waals surface area (Å²) in [5.41, 5.74) is 2.54. The molecule has 0 unspecified atom stereocenters. The summed E-state index contributed by atoms with van der Waals surface area (Å²) in [5.74, 6) is 0. The van der Waals surface area contributed by atoms with E-state index >= 15 is 0 Å². The molecule has 1 aromatic carbocycles. The van der Waals surface area contributed by atoms with E-state index in [4.69, 9.17) is 0 Å². The summed E-state index contributed by atoms with van der Waals surface area (Å²) in [7, 11) is -1.14. The first kappa shape index (κ1) is 9.06. The lowest BCUT2D eigenvalue weighted by Crippen LogP contribution is -2.14. The second kappa shape index (κ2) is 2.90. The summed E-state index contributed by atoms with van der Waals surface area (Å²) in [6.45, 7) is 4.75. The fraction of sp³-hybridized carbons (Fsp3) is 0.154. The van der Waals surface area contributed by atoms with Gasteiger partial charge in [0.25, 0.3) is 0 Å². The van der Waals surface area contributed by atoms with Crippen molar-refractivity contribution < 1.29 is 0 Å². The number of hydrogen-bond donors (Lipinski definition) is 0. The van der Waals surface area contributed by atoms with Crippen LogP contribution in [0.4, 0.5) is 0 Å². The highest BCUT2D eigenvalue weighted by Crippen LogP contribution is 2.56. The largest absolute Gasteiger partial charge is 0.252 e. The Kier molecular flexibility index (Phi) is 1.75. The summed E-state index contributed by atoms with van der Waals surface area (Å²) in [5, 5.41) is 2.95. The number of fused-ring (bicyclic) bond motifs is 3. The third-order valence-electron chi connectivity index (χ3n) is 3.15. The first-order chi connectivity index (χ1) is 7.21. The van der Waals surface area contributed by atoms with E-state index in [0.717, 1.165) is 0 Å². The molecule has 0 spiro atoms. The molecule has 0 atom stereocenters. The average Bonchev–Trinajstić information content (AvgIpc) is 2.51. The topological polar surface area (TPSA) is 12.9 Å². The van der Waals surface area contributed by atoms with Crippen molar-refractivity contribution >= 4 is 17.9 Å². The molecule has 15 heavy (non-hydrogen) atoms. The number of aromatic nitrogens is 1. The minimum absolute atomic E-state index is 1.14. The third-order valence-corrected chi connectivity index (χ3v) is 6.31. The summed E-state index contributed by atoms with van der Waals surface area (Å²) in [6.07, 6.45) is 1.89. The fourth-order valence-corrected chi connectivity index (χ4v) is 5.01. The van der Waals surface area contributed by atoms with Crippen LogP contribution in [0, 0.1) is 0 Å². The van der Waals surface area contributed by atoms with Crippen LogP contribution in [0.1, 0.15) is 0 Å². The highest BCUT2D eigenvalue weighted by atomic mass is 31.2. The Bertz CT molecular complexity index is 484. The maximum absolute atomic E-state index is 4.52. The number of benzene rings is 1. The minimum Gasteiger partial charge on any atom is -0.252 e. The van der Waals surface area contributed by atoms with Crippen LogP contribution in [0.2, 0.25) is 0 Å². The van der Waals surface area contributed by atoms with Crippen molar-refractivity contribution in [3.8, 4) is 11.3 Å². The standard InChI is InChI=1S/C13H13NP/c1-15(2)11-7-4-3-6-10(11)13-12(15)8-5-9-14-13/h3-9H,1-2H3/q+1. The van der Waals surface area contributed by atoms with Crippen molar-refractivity contribution in [3.05, 3.63) is 42.6 Å². The quantitative estimate of drug-likeness (QED) is 0.613. The molecule has 2 heteroatoms. The van der Waals surface area contributed by atoms with E-state index in [2.05, 4.69) is 48.6 Å². The number of pyridine rings is 1. The second-order valence-corrected chi connectivity index (χ2v) is 8.21. The van der Waals surface area contributed by atoms with E-state index in [1.54, 1.807) is 0 Å². The Hall–Kier alpha value is -1.20. The Morgan fingerprint density at radius 1 is 0.933 bits per heavy atom. The Morgan fingerprint density at radius 3 is 2.53 bits per heavy atom. The summed E-state index contributed by atoms with van der Waals surface area (Å²) in [6, 6.07) is 13.0. The van der Waals surface area contributed by atoms with Crippen LogP contribution < -0.4 is 10.6 Å². The molecular formula is C13H13NP+. The smallest absolute Gasteiger partial charge is 0.125 e. The summed E-state index contributed by atoms with van der Waals surface area (Å²) < 4.78 is 0. The van der Waals surface area contributed by atoms with E-state index in [9.17, 15) is 0 Å². The van der Waals surface area contributed by atoms with Gasteiger partial charge in [-0.1, -0.05) is 12.1 Å². The predicted molar refractivity (Wildman–Crippen MR) is 67.7 cm³/mol. The van der Waals surface area contributed by atoms with E-state index < -0.39 is 7.26 Å². The first-order valence-electron chi connectivity index (χ1n) is 5.11. The Labute approximate surface area is 90.5 Å². The minimum atomic E-state index is -1.14. The summed E-state index contributed by atoms with van der Waals surface area (Å²) in [4.78, 5) is 4.52. The highest BCUT2D eigenvalue weighted by Gasteiger charge is 2.43. The SMILES string of the molecule is C[P+]1(C)c2ccccc2-c2ncccc21. The molecule has 0 bridgehead atoms. The van der Waals surface area contributed by atoms with Gasteiger partial charge in [-0.15, -0.1) is 0 Å². The lowest BCUT2D eigenvalue weighted by molar-refractivity contribution is 1.36. The molecule has 0 saturated carbocycles. The Morgan fingerprint density at radius 2 is 1.67 bits per heavy atom. The van der Waals surface area contributed by atoms with Gasteiger partial charge in [0, 0.05) is 11.8 Å². The molecule has 0 N–H and O–H groups in total. The monoisotopic (exact) mass is 214 g/mol. The highest BCUT2D eigenvalue weighted by molar-refractivity contribution is 7.89. The van der Waals surface area contributed by atoms with Crippen molar-refractivity contribution in [3.63, 3.8) is 0 Å². The van der Waals surface area contributed by atoms with Crippen molar-refractivity contribution in [1.29, 1.82) is 0 Å². The lowest BCUT2D eigenvalue weighted by Gasteiger charge is -2.11. The zero-order valence-corrected chi connectivity index (χ0v) is 9.83. The van der Waals surface area contributed by atoms with Gasteiger partial charge in [-0.05, 0) is 24.3 Å². The van der Waals surface area contributed by atoms with E-state index in [1.807, 2.05) is 12.3 Å². The molecular weight excluding hydrogens is 201 g/mol. The molecule has 2 aromatic rings. The van der Waals surface area contributed by atoms with Gasteiger partial charge in [-0.25, -0.2) is 0 Å². The molecule has 2 heterocycles. The predicted octanol–water partition coefficient (Wildman–Crippen LogP) is 2.29. The molecule has 1 aliphatic heterocycles. The van der Waals surface area contributed by atoms with Crippen LogP contribution >= 0.6 is 7.26 Å². The molecule has 0 aliphatic carbocycles. The van der Waals surface area contributed by atoms with Gasteiger partial charge in [0.05, 0.1) is 20.6 Å². The third kappa shape index (κ3) is 1.10. The van der Waals surface area contributed by atoms with Crippen LogP contribution in [0.5, 0.6) is 0 Å². The van der Waals surface area contributed by atoms with Crippen molar-refractivity contribution in [2.24, 2.45) is 0 Å². The molecule has 1 aliphatic rings. The molecule has 1 aromatic heterocycles. The first-order valence-corrected chi connectivity index (χ1v) is 7.79. The second-order valence-electron chi connectivity index (χ2n) is 4.34. The molecule has 0 radical (unpaired) electrons. The van der Waals surface area contributed by atoms with Crippen LogP contribution in [-0.4, -0.2) is 18.3 Å². The molecule has 0 fully saturated rings. The van der Waals surface area contributed by atoms with Gasteiger partial charge in [0.2, 0.25) is 0 Å². The van der Waals surface area contributed by atoms with Crippen molar-refractivity contribution in [2.75, 3.05) is 13.3 Å². The van der Waals surface area contributed by atoms with Crippen molar-refractivity contribution in [1.82, 2.24) is 4.98 Å². The molecule has 0 saturated heterocycles. The molecule has 0 amide bonds. The number of rotatable bonds is 0. The maximum Gasteiger partial charge on any atom is 0.125 e. The normalized spacial score (nSPS) is 15.9. The Balaban J connectivity index is 2.42. The van der Waals surface area contributed by atoms with Gasteiger partial charge in [0.1, 0.15) is 16.3 Å². The zero-order valence-electron chi connectivity index (χ0n) is 8.94. The number of hydrogen-bond acceptors (Lipinski definition) is 1. The van der Waals surface area contributed by atoms with Crippen LogP contribution in [0.3, 0.4) is 0 Å². The van der Waals surface area contributed by atoms with Crippen LogP contribution in [-0.2, 0) is 0 Å². The number of nitrogens with zero attached hydrogens (tertiary/aromatic N) is 1. The average molecular weight is 214 g/mol. The maximum atomic E-state index is 4.52. The van der Waals surface area contributed by atoms with Gasteiger partial charge in [-0.2, -0.15) is 0 Å². The van der Waals surface area contributed by atoms with Crippen LogP contribution in [0.25, 0.3) is 11.3 Å². The fourth-order valence-electron chi connectivity index (χ4n) is 2.35. The van der Waals surface area contributed by atoms with E-state index in [-0.39, 0.29) is 0 Å². The van der Waals surface area contributed by atoms with E-state index in [0.29, 0.717) is 0 Å².